The third kappa shape index (κ3) is 2.14. The monoisotopic (exact) mass is 235 g/mol. The molecule has 0 spiro atoms. The van der Waals surface area contributed by atoms with E-state index in [4.69, 9.17) is 4.74 Å². The van der Waals surface area contributed by atoms with Crippen LogP contribution in [0.2, 0.25) is 0 Å². The lowest BCUT2D eigenvalue weighted by Crippen LogP contribution is -2.34. The summed E-state index contributed by atoms with van der Waals surface area (Å²) in [5.74, 6) is 1.31. The Morgan fingerprint density at radius 3 is 3.00 bits per heavy atom. The summed E-state index contributed by atoms with van der Waals surface area (Å²) in [5.41, 5.74) is 0. The molecule has 0 radical (unpaired) electrons. The normalized spacial score (nSPS) is 24.7. The zero-order valence-electron chi connectivity index (χ0n) is 9.76. The van der Waals surface area contributed by atoms with Crippen LogP contribution in [0.25, 0.3) is 0 Å². The third-order valence-corrected chi connectivity index (χ3v) is 3.67. The Balaban J connectivity index is 1.54. The molecule has 1 saturated carbocycles. The molecule has 1 N–H and O–H groups in total. The molecule has 3 rings (SSSR count). The molecule has 92 valence electrons. The molecule has 1 aromatic heterocycles. The first-order valence-electron chi connectivity index (χ1n) is 6.28. The van der Waals surface area contributed by atoms with Crippen molar-refractivity contribution in [3.63, 3.8) is 0 Å². The number of amides is 1. The molecule has 1 aliphatic carbocycles. The summed E-state index contributed by atoms with van der Waals surface area (Å²) in [6.45, 7) is 1.50. The van der Waals surface area contributed by atoms with Gasteiger partial charge in [0.1, 0.15) is 11.9 Å². The SMILES string of the molecule is O=C(OC1CCC1)N1CCC(c2ncc[nH]2)C1. The molecule has 1 unspecified atom stereocenters. The number of H-pyrrole nitrogens is 1. The molecule has 2 aliphatic rings. The van der Waals surface area contributed by atoms with E-state index in [1.165, 1.54) is 6.42 Å². The molecule has 17 heavy (non-hydrogen) atoms. The summed E-state index contributed by atoms with van der Waals surface area (Å²) in [5, 5.41) is 0. The van der Waals surface area contributed by atoms with Gasteiger partial charge in [-0.3, -0.25) is 0 Å². The van der Waals surface area contributed by atoms with Crippen molar-refractivity contribution >= 4 is 6.09 Å². The van der Waals surface area contributed by atoms with E-state index in [1.54, 1.807) is 11.1 Å². The zero-order chi connectivity index (χ0) is 11.7. The van der Waals surface area contributed by atoms with Crippen LogP contribution in [0.1, 0.15) is 37.4 Å². The van der Waals surface area contributed by atoms with E-state index in [9.17, 15) is 4.79 Å². The highest BCUT2D eigenvalue weighted by Crippen LogP contribution is 2.27. The van der Waals surface area contributed by atoms with Crippen LogP contribution < -0.4 is 0 Å². The van der Waals surface area contributed by atoms with Crippen LogP contribution in [0.15, 0.2) is 12.4 Å². The lowest BCUT2D eigenvalue weighted by atomic mass is 9.96. The summed E-state index contributed by atoms with van der Waals surface area (Å²) in [6, 6.07) is 0. The fourth-order valence-corrected chi connectivity index (χ4v) is 2.36. The molecule has 5 heteroatoms. The minimum absolute atomic E-state index is 0.149. The van der Waals surface area contributed by atoms with Crippen molar-refractivity contribution in [3.8, 4) is 0 Å². The van der Waals surface area contributed by atoms with Gasteiger partial charge in [0.15, 0.2) is 0 Å². The summed E-state index contributed by atoms with van der Waals surface area (Å²) in [7, 11) is 0. The van der Waals surface area contributed by atoms with E-state index in [2.05, 4.69) is 9.97 Å². The number of ether oxygens (including phenoxy) is 1. The number of hydrogen-bond donors (Lipinski definition) is 1. The van der Waals surface area contributed by atoms with E-state index < -0.39 is 0 Å². The molecule has 2 heterocycles. The highest BCUT2D eigenvalue weighted by atomic mass is 16.6. The van der Waals surface area contributed by atoms with Crippen LogP contribution in [0.5, 0.6) is 0 Å². The first-order valence-corrected chi connectivity index (χ1v) is 6.28. The summed E-state index contributed by atoms with van der Waals surface area (Å²) in [4.78, 5) is 21.0. The van der Waals surface area contributed by atoms with Crippen LogP contribution in [-0.4, -0.2) is 40.2 Å². The van der Waals surface area contributed by atoms with Crippen molar-refractivity contribution in [2.45, 2.75) is 37.7 Å². The second-order valence-electron chi connectivity index (χ2n) is 4.84. The number of aromatic amines is 1. The third-order valence-electron chi connectivity index (χ3n) is 3.67. The van der Waals surface area contributed by atoms with Crippen LogP contribution in [0, 0.1) is 0 Å². The van der Waals surface area contributed by atoms with Crippen molar-refractivity contribution in [1.29, 1.82) is 0 Å². The van der Waals surface area contributed by atoms with Crippen molar-refractivity contribution in [1.82, 2.24) is 14.9 Å². The summed E-state index contributed by atoms with van der Waals surface area (Å²) >= 11 is 0. The Labute approximate surface area is 100 Å². The van der Waals surface area contributed by atoms with Gasteiger partial charge in [-0.05, 0) is 25.7 Å². The van der Waals surface area contributed by atoms with Gasteiger partial charge in [0.25, 0.3) is 0 Å². The number of carbonyl (C=O) groups is 1. The lowest BCUT2D eigenvalue weighted by molar-refractivity contribution is 0.0308. The van der Waals surface area contributed by atoms with Crippen molar-refractivity contribution in [2.24, 2.45) is 0 Å². The van der Waals surface area contributed by atoms with E-state index >= 15 is 0 Å². The minimum Gasteiger partial charge on any atom is -0.446 e. The summed E-state index contributed by atoms with van der Waals surface area (Å²) < 4.78 is 5.39. The van der Waals surface area contributed by atoms with Crippen LogP contribution >= 0.6 is 0 Å². The maximum Gasteiger partial charge on any atom is 0.410 e. The van der Waals surface area contributed by atoms with Crippen LogP contribution in [0.3, 0.4) is 0 Å². The number of imidazole rings is 1. The maximum absolute atomic E-state index is 11.8. The molecule has 1 aromatic rings. The van der Waals surface area contributed by atoms with E-state index in [0.717, 1.165) is 38.2 Å². The molecule has 2 fully saturated rings. The number of hydrogen-bond acceptors (Lipinski definition) is 3. The van der Waals surface area contributed by atoms with E-state index in [-0.39, 0.29) is 12.2 Å². The largest absolute Gasteiger partial charge is 0.446 e. The van der Waals surface area contributed by atoms with Crippen molar-refractivity contribution in [2.75, 3.05) is 13.1 Å². The van der Waals surface area contributed by atoms with Crippen molar-refractivity contribution in [3.05, 3.63) is 18.2 Å². The number of rotatable bonds is 2. The second-order valence-corrected chi connectivity index (χ2v) is 4.84. The Hall–Kier alpha value is -1.52. The molecular weight excluding hydrogens is 218 g/mol. The predicted octanol–water partition coefficient (Wildman–Crippen LogP) is 1.89. The highest BCUT2D eigenvalue weighted by molar-refractivity contribution is 5.68. The molecular formula is C12H17N3O2. The number of carbonyl (C=O) groups excluding carboxylic acids is 1. The maximum atomic E-state index is 11.8. The molecule has 5 nitrogen and oxygen atoms in total. The fraction of sp³-hybridized carbons (Fsp3) is 0.667. The minimum atomic E-state index is -0.149. The first kappa shape index (κ1) is 10.6. The van der Waals surface area contributed by atoms with Crippen LogP contribution in [0.4, 0.5) is 4.79 Å². The molecule has 1 aliphatic heterocycles. The van der Waals surface area contributed by atoms with Gasteiger partial charge in [-0.1, -0.05) is 0 Å². The van der Waals surface area contributed by atoms with Gasteiger partial charge < -0.3 is 14.6 Å². The van der Waals surface area contributed by atoms with Gasteiger partial charge in [0.05, 0.1) is 0 Å². The standard InChI is InChI=1S/C12H17N3O2/c16-12(17-10-2-1-3-10)15-7-4-9(8-15)11-13-5-6-14-11/h5-6,9-10H,1-4,7-8H2,(H,13,14). The fourth-order valence-electron chi connectivity index (χ4n) is 2.36. The lowest BCUT2D eigenvalue weighted by Gasteiger charge is -2.27. The molecule has 1 atom stereocenters. The van der Waals surface area contributed by atoms with Crippen LogP contribution in [-0.2, 0) is 4.74 Å². The van der Waals surface area contributed by atoms with Gasteiger partial charge >= 0.3 is 6.09 Å². The number of aromatic nitrogens is 2. The van der Waals surface area contributed by atoms with E-state index in [1.807, 2.05) is 6.20 Å². The smallest absolute Gasteiger partial charge is 0.410 e. The van der Waals surface area contributed by atoms with Gasteiger partial charge in [-0.2, -0.15) is 0 Å². The quantitative estimate of drug-likeness (QED) is 0.851. The average Bonchev–Trinajstić information content (AvgIpc) is 2.91. The number of nitrogens with one attached hydrogen (secondary N) is 1. The zero-order valence-corrected chi connectivity index (χ0v) is 9.76. The second kappa shape index (κ2) is 4.39. The predicted molar refractivity (Wildman–Crippen MR) is 61.6 cm³/mol. The topological polar surface area (TPSA) is 58.2 Å². The van der Waals surface area contributed by atoms with Gasteiger partial charge in [0.2, 0.25) is 0 Å². The molecule has 1 amide bonds. The van der Waals surface area contributed by atoms with Gasteiger partial charge in [-0.15, -0.1) is 0 Å². The van der Waals surface area contributed by atoms with E-state index in [0.29, 0.717) is 5.92 Å². The molecule has 1 saturated heterocycles. The van der Waals surface area contributed by atoms with Crippen molar-refractivity contribution < 1.29 is 9.53 Å². The number of likely N-dealkylation sites (tertiary alicyclic amines) is 1. The molecule has 0 aromatic carbocycles. The first-order chi connectivity index (χ1) is 8.33. The van der Waals surface area contributed by atoms with Gasteiger partial charge in [-0.25, -0.2) is 9.78 Å². The Kier molecular flexibility index (Phi) is 2.74. The Morgan fingerprint density at radius 2 is 2.35 bits per heavy atom. The molecule has 0 bridgehead atoms. The number of nitrogens with zero attached hydrogens (tertiary/aromatic N) is 2. The van der Waals surface area contributed by atoms with Gasteiger partial charge in [0, 0.05) is 31.4 Å². The Morgan fingerprint density at radius 1 is 1.47 bits per heavy atom. The average molecular weight is 235 g/mol. The Bertz CT molecular complexity index is 386. The summed E-state index contributed by atoms with van der Waals surface area (Å²) in [6.07, 6.45) is 7.81. The highest BCUT2D eigenvalue weighted by Gasteiger charge is 2.31.